The molecule has 0 fully saturated rings. The maximum Gasteiger partial charge on any atom is 0.137 e. The first kappa shape index (κ1) is 15.5. The third-order valence-corrected chi connectivity index (χ3v) is 4.65. The van der Waals surface area contributed by atoms with Gasteiger partial charge in [-0.1, -0.05) is 68.2 Å². The van der Waals surface area contributed by atoms with E-state index in [2.05, 4.69) is 37.8 Å². The summed E-state index contributed by atoms with van der Waals surface area (Å²) in [5.41, 5.74) is 2.20. The molecule has 25 heavy (non-hydrogen) atoms. The molecule has 0 saturated carbocycles. The standard InChI is InChI=1S/C23H19NO/c1-15(2)17-9-5-12-20-18(17)10-6-13-21(24-20)19-11-3-7-16-8-4-14-22(25)23(16)19/h3-5,7-12,14-15,21,25H,1-2H3. The summed E-state index contributed by atoms with van der Waals surface area (Å²) in [6.07, 6.45) is 1.97. The molecule has 1 N–H and O–H groups in total. The number of phenols is 1. The molecular formula is C23H19NO. The predicted molar refractivity (Wildman–Crippen MR) is 102 cm³/mol. The van der Waals surface area contributed by atoms with Crippen molar-refractivity contribution in [2.24, 2.45) is 4.99 Å². The largest absolute Gasteiger partial charge is 0.507 e. The van der Waals surface area contributed by atoms with E-state index in [1.54, 1.807) is 6.07 Å². The normalized spacial score (nSPS) is 15.6. The van der Waals surface area contributed by atoms with Gasteiger partial charge in [0.1, 0.15) is 11.8 Å². The average molecular weight is 325 g/mol. The minimum absolute atomic E-state index is 0.273. The van der Waals surface area contributed by atoms with Gasteiger partial charge in [-0.25, -0.2) is 0 Å². The second-order valence-electron chi connectivity index (χ2n) is 6.62. The molecule has 2 nitrogen and oxygen atoms in total. The molecule has 1 aliphatic heterocycles. The van der Waals surface area contributed by atoms with Gasteiger partial charge in [0.05, 0.1) is 5.36 Å². The smallest absolute Gasteiger partial charge is 0.137 e. The number of phenolic OH excluding ortho intramolecular Hbond substituents is 1. The van der Waals surface area contributed by atoms with Gasteiger partial charge < -0.3 is 5.11 Å². The van der Waals surface area contributed by atoms with Crippen LogP contribution in [0.5, 0.6) is 5.75 Å². The highest BCUT2D eigenvalue weighted by atomic mass is 16.3. The highest BCUT2D eigenvalue weighted by molar-refractivity contribution is 5.91. The number of aromatic hydroxyl groups is 1. The summed E-state index contributed by atoms with van der Waals surface area (Å²) in [5.74, 6) is 7.12. The molecular weight excluding hydrogens is 306 g/mol. The summed E-state index contributed by atoms with van der Waals surface area (Å²) in [6.45, 7) is 4.37. The quantitative estimate of drug-likeness (QED) is 0.714. The Kier molecular flexibility index (Phi) is 3.78. The fraction of sp³-hybridized carbons (Fsp3) is 0.174. The second-order valence-corrected chi connectivity index (χ2v) is 6.62. The molecule has 0 amide bonds. The van der Waals surface area contributed by atoms with Crippen LogP contribution in [-0.2, 0) is 0 Å². The second kappa shape index (κ2) is 6.11. The number of hydrogen-bond acceptors (Lipinski definition) is 2. The zero-order valence-corrected chi connectivity index (χ0v) is 14.3. The number of benzene rings is 3. The molecule has 3 aromatic carbocycles. The van der Waals surface area contributed by atoms with Crippen LogP contribution in [0.1, 0.15) is 36.9 Å². The summed E-state index contributed by atoms with van der Waals surface area (Å²) in [5, 5.41) is 14.3. The van der Waals surface area contributed by atoms with Crippen LogP contribution >= 0.6 is 0 Å². The summed E-state index contributed by atoms with van der Waals surface area (Å²) in [6, 6.07) is 17.5. The Labute approximate surface area is 147 Å². The monoisotopic (exact) mass is 325 g/mol. The third kappa shape index (κ3) is 2.68. The SMILES string of the molecule is CC(C)c1cccc2c1=CC#CC(c1cccc3cccc(O)c13)N=2. The molecule has 1 atom stereocenters. The van der Waals surface area contributed by atoms with Crippen LogP contribution in [0.25, 0.3) is 16.8 Å². The van der Waals surface area contributed by atoms with Crippen LogP contribution in [0.3, 0.4) is 0 Å². The van der Waals surface area contributed by atoms with E-state index in [1.807, 2.05) is 42.5 Å². The molecule has 2 heteroatoms. The minimum atomic E-state index is -0.295. The first-order valence-corrected chi connectivity index (χ1v) is 8.54. The highest BCUT2D eigenvalue weighted by Gasteiger charge is 2.14. The lowest BCUT2D eigenvalue weighted by molar-refractivity contribution is 0.481. The zero-order valence-electron chi connectivity index (χ0n) is 14.3. The van der Waals surface area contributed by atoms with Gasteiger partial charge in [-0.2, -0.15) is 0 Å². The molecule has 1 aliphatic rings. The molecule has 122 valence electrons. The van der Waals surface area contributed by atoms with Crippen molar-refractivity contribution >= 4 is 16.8 Å². The van der Waals surface area contributed by atoms with Crippen LogP contribution in [0.15, 0.2) is 59.6 Å². The first-order valence-electron chi connectivity index (χ1n) is 8.54. The van der Waals surface area contributed by atoms with Crippen molar-refractivity contribution in [1.29, 1.82) is 0 Å². The molecule has 0 radical (unpaired) electrons. The fourth-order valence-corrected chi connectivity index (χ4v) is 3.43. The van der Waals surface area contributed by atoms with E-state index in [0.29, 0.717) is 5.92 Å². The van der Waals surface area contributed by atoms with Crippen LogP contribution < -0.4 is 10.6 Å². The Morgan fingerprint density at radius 3 is 2.56 bits per heavy atom. The maximum absolute atomic E-state index is 10.4. The number of fused-ring (bicyclic) bond motifs is 2. The van der Waals surface area contributed by atoms with Crippen LogP contribution in [0.2, 0.25) is 0 Å². The summed E-state index contributed by atoms with van der Waals surface area (Å²) in [4.78, 5) is 4.93. The lowest BCUT2D eigenvalue weighted by Crippen LogP contribution is -2.29. The van der Waals surface area contributed by atoms with E-state index < -0.39 is 0 Å². The molecule has 0 saturated heterocycles. The van der Waals surface area contributed by atoms with E-state index in [1.165, 1.54) is 5.56 Å². The number of nitrogens with zero attached hydrogens (tertiary/aromatic N) is 1. The van der Waals surface area contributed by atoms with Crippen molar-refractivity contribution in [1.82, 2.24) is 0 Å². The maximum atomic E-state index is 10.4. The van der Waals surface area contributed by atoms with Gasteiger partial charge in [-0.05, 0) is 35.1 Å². The molecule has 1 unspecified atom stereocenters. The summed E-state index contributed by atoms with van der Waals surface area (Å²) >= 11 is 0. The van der Waals surface area contributed by atoms with Gasteiger partial charge in [0.15, 0.2) is 0 Å². The van der Waals surface area contributed by atoms with Gasteiger partial charge in [0, 0.05) is 16.2 Å². The van der Waals surface area contributed by atoms with Crippen molar-refractivity contribution in [2.45, 2.75) is 25.8 Å². The topological polar surface area (TPSA) is 32.6 Å². The van der Waals surface area contributed by atoms with E-state index in [9.17, 15) is 5.11 Å². The fourth-order valence-electron chi connectivity index (χ4n) is 3.43. The van der Waals surface area contributed by atoms with Crippen LogP contribution in [-0.4, -0.2) is 5.11 Å². The molecule has 0 aliphatic carbocycles. The van der Waals surface area contributed by atoms with Crippen molar-refractivity contribution in [3.05, 3.63) is 76.3 Å². The Morgan fingerprint density at radius 1 is 1.00 bits per heavy atom. The van der Waals surface area contributed by atoms with Crippen molar-refractivity contribution in [3.8, 4) is 17.6 Å². The lowest BCUT2D eigenvalue weighted by Gasteiger charge is -2.11. The first-order chi connectivity index (χ1) is 12.1. The Balaban J connectivity index is 1.97. The van der Waals surface area contributed by atoms with Gasteiger partial charge >= 0.3 is 0 Å². The van der Waals surface area contributed by atoms with Gasteiger partial charge in [0.2, 0.25) is 0 Å². The Hall–Kier alpha value is -3.05. The number of hydrogen-bond donors (Lipinski definition) is 1. The van der Waals surface area contributed by atoms with E-state index in [0.717, 1.165) is 26.9 Å². The van der Waals surface area contributed by atoms with E-state index in [-0.39, 0.29) is 11.8 Å². The molecule has 0 bridgehead atoms. The zero-order chi connectivity index (χ0) is 17.4. The molecule has 0 aromatic heterocycles. The Morgan fingerprint density at radius 2 is 1.76 bits per heavy atom. The summed E-state index contributed by atoms with van der Waals surface area (Å²) in [7, 11) is 0. The molecule has 4 rings (SSSR count). The predicted octanol–water partition coefficient (Wildman–Crippen LogP) is 3.83. The number of rotatable bonds is 2. The lowest BCUT2D eigenvalue weighted by atomic mass is 9.98. The van der Waals surface area contributed by atoms with E-state index in [4.69, 9.17) is 4.99 Å². The van der Waals surface area contributed by atoms with Crippen LogP contribution in [0.4, 0.5) is 0 Å². The van der Waals surface area contributed by atoms with Gasteiger partial charge in [-0.15, -0.1) is 0 Å². The minimum Gasteiger partial charge on any atom is -0.507 e. The molecule has 3 aromatic rings. The van der Waals surface area contributed by atoms with Crippen LogP contribution in [0, 0.1) is 11.8 Å². The average Bonchev–Trinajstić information content (AvgIpc) is 2.83. The highest BCUT2D eigenvalue weighted by Crippen LogP contribution is 2.32. The van der Waals surface area contributed by atoms with Crippen molar-refractivity contribution in [2.75, 3.05) is 0 Å². The van der Waals surface area contributed by atoms with E-state index >= 15 is 0 Å². The molecule has 0 spiro atoms. The Bertz CT molecular complexity index is 1140. The van der Waals surface area contributed by atoms with Crippen molar-refractivity contribution < 1.29 is 5.11 Å². The third-order valence-electron chi connectivity index (χ3n) is 4.65. The van der Waals surface area contributed by atoms with Gasteiger partial charge in [-0.3, -0.25) is 4.99 Å². The summed E-state index contributed by atoms with van der Waals surface area (Å²) < 4.78 is 0. The van der Waals surface area contributed by atoms with Crippen molar-refractivity contribution in [3.63, 3.8) is 0 Å². The van der Waals surface area contributed by atoms with Gasteiger partial charge in [0.25, 0.3) is 0 Å². The molecule has 1 heterocycles.